The van der Waals surface area contributed by atoms with E-state index in [2.05, 4.69) is 31.7 Å². The maximum Gasteiger partial charge on any atom is 0.297 e. The minimum Gasteiger partial charge on any atom is -0.356 e. The number of aryl methyl sites for hydroxylation is 1. The number of hydrogen-bond acceptors (Lipinski definition) is 5. The number of carbonyl (C=O) groups excluding carboxylic acids is 1. The Morgan fingerprint density at radius 3 is 2.88 bits per heavy atom. The number of amides is 1. The summed E-state index contributed by atoms with van der Waals surface area (Å²) in [5.41, 5.74) is -0.460. The third kappa shape index (κ3) is 4.18. The predicted octanol–water partition coefficient (Wildman–Crippen LogP) is 2.25. The minimum atomic E-state index is -2.64. The molecular weight excluding hydrogens is 330 g/mol. The minimum absolute atomic E-state index is 0.0824. The zero-order valence-corrected chi connectivity index (χ0v) is 13.8. The van der Waals surface area contributed by atoms with Crippen LogP contribution < -0.4 is 5.32 Å². The van der Waals surface area contributed by atoms with Crippen molar-refractivity contribution < 1.29 is 13.6 Å². The van der Waals surface area contributed by atoms with Gasteiger partial charge in [0.15, 0.2) is 11.5 Å². The number of nitrogens with one attached hydrogen (secondary N) is 1. The number of fused-ring (bicyclic) bond motifs is 1. The first-order chi connectivity index (χ1) is 12.0. The molecule has 0 saturated heterocycles. The molecule has 0 radical (unpaired) electrons. The molecule has 0 aliphatic carbocycles. The van der Waals surface area contributed by atoms with Gasteiger partial charge >= 0.3 is 0 Å². The number of hydrogen-bond donors (Lipinski definition) is 1. The van der Waals surface area contributed by atoms with Crippen molar-refractivity contribution in [2.45, 2.75) is 57.2 Å². The smallest absolute Gasteiger partial charge is 0.297 e. The normalized spacial score (nSPS) is 20.2. The van der Waals surface area contributed by atoms with Crippen LogP contribution in [0.4, 0.5) is 8.78 Å². The number of alkyl halides is 2. The summed E-state index contributed by atoms with van der Waals surface area (Å²) in [7, 11) is 0. The zero-order valence-electron chi connectivity index (χ0n) is 13.8. The maximum atomic E-state index is 12.9. The average molecular weight is 350 g/mol. The topological polar surface area (TPSA) is 84.5 Å². The van der Waals surface area contributed by atoms with Gasteiger partial charge in [0.1, 0.15) is 5.82 Å². The molecule has 1 N–H and O–H groups in total. The van der Waals surface area contributed by atoms with Crippen molar-refractivity contribution in [2.75, 3.05) is 6.54 Å². The third-order valence-electron chi connectivity index (χ3n) is 4.66. The lowest BCUT2D eigenvalue weighted by Crippen LogP contribution is -2.34. The Balaban J connectivity index is 1.42. The summed E-state index contributed by atoms with van der Waals surface area (Å²) in [6, 6.07) is 0. The Morgan fingerprint density at radius 1 is 1.40 bits per heavy atom. The molecule has 1 atom stereocenters. The fourth-order valence-corrected chi connectivity index (χ4v) is 3.07. The molecule has 134 valence electrons. The van der Waals surface area contributed by atoms with E-state index < -0.39 is 12.1 Å². The van der Waals surface area contributed by atoms with Gasteiger partial charge in [0.2, 0.25) is 5.91 Å². The van der Waals surface area contributed by atoms with Crippen LogP contribution in [-0.2, 0) is 17.8 Å². The predicted molar refractivity (Wildman–Crippen MR) is 84.7 cm³/mol. The fraction of sp³-hybridized carbons (Fsp3) is 0.688. The quantitative estimate of drug-likeness (QED) is 0.730. The number of rotatable bonds is 8. The summed E-state index contributed by atoms with van der Waals surface area (Å²) in [6.45, 7) is 0.851. The van der Waals surface area contributed by atoms with Crippen molar-refractivity contribution in [3.8, 4) is 12.3 Å². The van der Waals surface area contributed by atoms with Crippen LogP contribution in [-0.4, -0.2) is 32.9 Å². The van der Waals surface area contributed by atoms with Crippen molar-refractivity contribution in [1.29, 1.82) is 0 Å². The second-order valence-electron chi connectivity index (χ2n) is 6.48. The molecular formula is C16H20F2N6O. The number of halogens is 2. The molecule has 2 aliphatic heterocycles. The first-order valence-corrected chi connectivity index (χ1v) is 8.37. The summed E-state index contributed by atoms with van der Waals surface area (Å²) < 4.78 is 27.3. The monoisotopic (exact) mass is 350 g/mol. The van der Waals surface area contributed by atoms with E-state index in [1.54, 1.807) is 0 Å². The molecule has 1 aromatic rings. The van der Waals surface area contributed by atoms with Crippen LogP contribution in [0.25, 0.3) is 0 Å². The van der Waals surface area contributed by atoms with Gasteiger partial charge in [0.25, 0.3) is 6.43 Å². The van der Waals surface area contributed by atoms with Gasteiger partial charge in [-0.3, -0.25) is 4.79 Å². The van der Waals surface area contributed by atoms with Crippen LogP contribution >= 0.6 is 0 Å². The van der Waals surface area contributed by atoms with Gasteiger partial charge < -0.3 is 9.88 Å². The van der Waals surface area contributed by atoms with E-state index in [1.807, 2.05) is 0 Å². The van der Waals surface area contributed by atoms with Crippen molar-refractivity contribution in [1.82, 2.24) is 20.1 Å². The molecule has 0 bridgehead atoms. The van der Waals surface area contributed by atoms with E-state index in [0.29, 0.717) is 51.0 Å². The highest BCUT2D eigenvalue weighted by Crippen LogP contribution is 2.37. The van der Waals surface area contributed by atoms with Gasteiger partial charge in [-0.05, 0) is 12.3 Å². The molecule has 1 aromatic heterocycles. The van der Waals surface area contributed by atoms with Crippen molar-refractivity contribution >= 4 is 5.91 Å². The van der Waals surface area contributed by atoms with Crippen molar-refractivity contribution in [3.63, 3.8) is 0 Å². The van der Waals surface area contributed by atoms with Gasteiger partial charge in [0.05, 0.1) is 0 Å². The van der Waals surface area contributed by atoms with Crippen molar-refractivity contribution in [2.24, 2.45) is 16.1 Å². The van der Waals surface area contributed by atoms with E-state index in [0.717, 1.165) is 6.42 Å². The second-order valence-corrected chi connectivity index (χ2v) is 6.48. The Morgan fingerprint density at radius 2 is 2.20 bits per heavy atom. The molecule has 0 saturated carbocycles. The lowest BCUT2D eigenvalue weighted by atomic mass is 9.98. The molecule has 0 aromatic carbocycles. The number of nitrogens with zero attached hydrogens (tertiary/aromatic N) is 5. The number of carbonyl (C=O) groups is 1. The molecule has 7 nitrogen and oxygen atoms in total. The maximum absolute atomic E-state index is 12.9. The Kier molecular flexibility index (Phi) is 5.06. The summed E-state index contributed by atoms with van der Waals surface area (Å²) in [6.07, 6.45) is 6.11. The standard InChI is InChI=1S/C16H20F2N6O/c1-2-3-7-16(22-23-16)8-6-13(25)19-9-11-4-5-12-20-21-15(14(17)18)24(12)10-11/h1,11,14H,3-10H2,(H,19,25). The van der Waals surface area contributed by atoms with Crippen LogP contribution in [0.5, 0.6) is 0 Å². The fourth-order valence-electron chi connectivity index (χ4n) is 3.07. The SMILES string of the molecule is C#CCCC1(CCC(=O)NCC2CCc3nnc(C(F)F)n3C2)N=N1. The highest BCUT2D eigenvalue weighted by Gasteiger charge is 2.39. The van der Waals surface area contributed by atoms with Crippen LogP contribution in [0.1, 0.15) is 50.2 Å². The summed E-state index contributed by atoms with van der Waals surface area (Å²) in [5.74, 6) is 2.86. The van der Waals surface area contributed by atoms with Gasteiger partial charge in [-0.25, -0.2) is 8.78 Å². The highest BCUT2D eigenvalue weighted by atomic mass is 19.3. The molecule has 3 rings (SSSR count). The van der Waals surface area contributed by atoms with E-state index in [9.17, 15) is 13.6 Å². The van der Waals surface area contributed by atoms with Gasteiger partial charge in [-0.15, -0.1) is 22.5 Å². The summed E-state index contributed by atoms with van der Waals surface area (Å²) in [4.78, 5) is 12.0. The van der Waals surface area contributed by atoms with Gasteiger partial charge in [-0.2, -0.15) is 10.2 Å². The van der Waals surface area contributed by atoms with Crippen LogP contribution in [0.15, 0.2) is 10.2 Å². The second kappa shape index (κ2) is 7.25. The first-order valence-electron chi connectivity index (χ1n) is 8.37. The van der Waals surface area contributed by atoms with Crippen LogP contribution in [0, 0.1) is 18.3 Å². The molecule has 2 aliphatic rings. The van der Waals surface area contributed by atoms with E-state index >= 15 is 0 Å². The van der Waals surface area contributed by atoms with E-state index in [1.165, 1.54) is 4.57 Å². The number of aromatic nitrogens is 3. The molecule has 1 amide bonds. The zero-order chi connectivity index (χ0) is 17.9. The Bertz CT molecular complexity index is 702. The highest BCUT2D eigenvalue weighted by molar-refractivity contribution is 5.76. The summed E-state index contributed by atoms with van der Waals surface area (Å²) >= 11 is 0. The molecule has 3 heterocycles. The lowest BCUT2D eigenvalue weighted by Gasteiger charge is -2.24. The largest absolute Gasteiger partial charge is 0.356 e. The lowest BCUT2D eigenvalue weighted by molar-refractivity contribution is -0.121. The van der Waals surface area contributed by atoms with E-state index in [4.69, 9.17) is 6.42 Å². The first kappa shape index (κ1) is 17.5. The van der Waals surface area contributed by atoms with Crippen LogP contribution in [0.3, 0.4) is 0 Å². The van der Waals surface area contributed by atoms with Crippen molar-refractivity contribution in [3.05, 3.63) is 11.6 Å². The third-order valence-corrected chi connectivity index (χ3v) is 4.66. The Hall–Kier alpha value is -2.37. The van der Waals surface area contributed by atoms with Gasteiger partial charge in [-0.1, -0.05) is 0 Å². The number of terminal acetylenes is 1. The Labute approximate surface area is 144 Å². The average Bonchev–Trinajstić information content (AvgIpc) is 3.25. The molecule has 0 spiro atoms. The van der Waals surface area contributed by atoms with E-state index in [-0.39, 0.29) is 17.6 Å². The molecule has 25 heavy (non-hydrogen) atoms. The van der Waals surface area contributed by atoms with Crippen LogP contribution in [0.2, 0.25) is 0 Å². The van der Waals surface area contributed by atoms with Gasteiger partial charge in [0, 0.05) is 45.2 Å². The summed E-state index contributed by atoms with van der Waals surface area (Å²) in [5, 5.41) is 18.2. The molecule has 9 heteroatoms. The molecule has 1 unspecified atom stereocenters. The molecule has 0 fully saturated rings.